The Balaban J connectivity index is 2.06. The number of thiazole rings is 1. The molecule has 2 aliphatic carbocycles. The highest BCUT2D eigenvalue weighted by Gasteiger charge is 2.46. The maximum absolute atomic E-state index is 5.93. The molecule has 3 N–H and O–H groups in total. The van der Waals surface area contributed by atoms with Gasteiger partial charge < -0.3 is 0 Å². The van der Waals surface area contributed by atoms with Crippen LogP contribution in [0.2, 0.25) is 0 Å². The monoisotopic (exact) mass is 237 g/mol. The number of nitrogen functional groups attached to an aromatic ring is 1. The number of anilines is 1. The first kappa shape index (κ1) is 10.6. The van der Waals surface area contributed by atoms with E-state index in [4.69, 9.17) is 5.73 Å². The lowest BCUT2D eigenvalue weighted by Gasteiger charge is -2.44. The first-order valence-corrected chi connectivity index (χ1v) is 7.21. The first-order valence-electron chi connectivity index (χ1n) is 6.40. The minimum atomic E-state index is 0.298. The summed E-state index contributed by atoms with van der Waals surface area (Å²) < 4.78 is 0. The maximum Gasteiger partial charge on any atom is 0.329 e. The van der Waals surface area contributed by atoms with Crippen molar-refractivity contribution in [3.05, 3.63) is 10.6 Å². The zero-order valence-electron chi connectivity index (χ0n) is 10.2. The fraction of sp³-hybridized carbons (Fsp3) is 0.769. The number of aromatic amines is 1. The molecule has 0 saturated heterocycles. The number of aromatic nitrogens is 1. The number of rotatable bonds is 0. The average molecular weight is 237 g/mol. The van der Waals surface area contributed by atoms with Gasteiger partial charge in [-0.25, -0.2) is 4.98 Å². The number of hydrogen-bond acceptors (Lipinski definition) is 2. The van der Waals surface area contributed by atoms with Gasteiger partial charge in [-0.05, 0) is 31.1 Å². The second-order valence-electron chi connectivity index (χ2n) is 5.97. The van der Waals surface area contributed by atoms with E-state index >= 15 is 0 Å². The molecule has 0 spiro atoms. The van der Waals surface area contributed by atoms with Crippen molar-refractivity contribution < 1.29 is 4.98 Å². The smallest absolute Gasteiger partial charge is 0.278 e. The Morgan fingerprint density at radius 3 is 2.88 bits per heavy atom. The number of fused-ring (bicyclic) bond motifs is 2. The molecule has 1 heterocycles. The molecular weight excluding hydrogens is 216 g/mol. The molecule has 1 aromatic heterocycles. The fourth-order valence-corrected chi connectivity index (χ4v) is 5.02. The lowest BCUT2D eigenvalue weighted by Crippen LogP contribution is -2.44. The Morgan fingerprint density at radius 2 is 2.06 bits per heavy atom. The lowest BCUT2D eigenvalue weighted by molar-refractivity contribution is -0.378. The topological polar surface area (TPSA) is 40.2 Å². The van der Waals surface area contributed by atoms with Gasteiger partial charge in [0.2, 0.25) is 0 Å². The van der Waals surface area contributed by atoms with Crippen molar-refractivity contribution in [1.82, 2.24) is 0 Å². The van der Waals surface area contributed by atoms with Crippen molar-refractivity contribution in [2.24, 2.45) is 11.8 Å². The Bertz CT molecular complexity index is 408. The zero-order valence-corrected chi connectivity index (χ0v) is 11.0. The van der Waals surface area contributed by atoms with Crippen LogP contribution in [0.5, 0.6) is 0 Å². The zero-order chi connectivity index (χ0) is 11.3. The van der Waals surface area contributed by atoms with Gasteiger partial charge in [-0.2, -0.15) is 0 Å². The average Bonchev–Trinajstić information content (AvgIpc) is 2.60. The molecule has 0 unspecified atom stereocenters. The maximum atomic E-state index is 5.93. The van der Waals surface area contributed by atoms with E-state index in [0.29, 0.717) is 5.41 Å². The van der Waals surface area contributed by atoms with Gasteiger partial charge in [0, 0.05) is 5.41 Å². The molecule has 16 heavy (non-hydrogen) atoms. The van der Waals surface area contributed by atoms with E-state index in [2.05, 4.69) is 18.8 Å². The highest BCUT2D eigenvalue weighted by molar-refractivity contribution is 7.15. The summed E-state index contributed by atoms with van der Waals surface area (Å²) in [6, 6.07) is 0. The molecular formula is C13H21N2S+. The molecule has 3 rings (SSSR count). The Kier molecular flexibility index (Phi) is 2.29. The first-order chi connectivity index (χ1) is 7.59. The molecule has 1 fully saturated rings. The normalized spacial score (nSPS) is 31.9. The Labute approximate surface area is 101 Å². The molecule has 2 nitrogen and oxygen atoms in total. The van der Waals surface area contributed by atoms with Gasteiger partial charge in [-0.15, -0.1) is 0 Å². The summed E-state index contributed by atoms with van der Waals surface area (Å²) in [5.41, 5.74) is 7.66. The van der Waals surface area contributed by atoms with E-state index < -0.39 is 0 Å². The van der Waals surface area contributed by atoms with E-state index in [1.54, 1.807) is 11.3 Å². The van der Waals surface area contributed by atoms with Gasteiger partial charge in [0.05, 0.1) is 4.88 Å². The van der Waals surface area contributed by atoms with Gasteiger partial charge >= 0.3 is 5.13 Å². The fourth-order valence-electron chi connectivity index (χ4n) is 3.89. The number of nitrogens with one attached hydrogen (secondary N) is 1. The Morgan fingerprint density at radius 1 is 1.31 bits per heavy atom. The van der Waals surface area contributed by atoms with Crippen molar-refractivity contribution in [3.63, 3.8) is 0 Å². The van der Waals surface area contributed by atoms with Crippen LogP contribution in [0, 0.1) is 11.8 Å². The standard InChI is InChI=1S/C13H20N2S/c1-13(2)9-6-4-3-5-8(9)7-10-11(13)15-12(14)16-10/h8-9H,3-7H2,1-2H3,(H2,14,15)/p+1/t8-,9+/m0/s1. The van der Waals surface area contributed by atoms with Crippen LogP contribution in [0.4, 0.5) is 5.13 Å². The molecule has 2 atom stereocenters. The summed E-state index contributed by atoms with van der Waals surface area (Å²) in [7, 11) is 0. The second kappa shape index (κ2) is 3.46. The van der Waals surface area contributed by atoms with Crippen molar-refractivity contribution in [2.45, 2.75) is 51.4 Å². The summed E-state index contributed by atoms with van der Waals surface area (Å²) in [5.74, 6) is 1.77. The predicted octanol–water partition coefficient (Wildman–Crippen LogP) is 2.78. The van der Waals surface area contributed by atoms with Gasteiger partial charge in [-0.1, -0.05) is 38.0 Å². The molecule has 0 amide bonds. The van der Waals surface area contributed by atoms with Crippen molar-refractivity contribution in [3.8, 4) is 0 Å². The van der Waals surface area contributed by atoms with Crippen LogP contribution >= 0.6 is 11.3 Å². The molecule has 0 aliphatic heterocycles. The van der Waals surface area contributed by atoms with Gasteiger partial charge in [0.25, 0.3) is 0 Å². The summed E-state index contributed by atoms with van der Waals surface area (Å²) in [6.07, 6.45) is 6.94. The minimum Gasteiger partial charge on any atom is -0.278 e. The third-order valence-electron chi connectivity index (χ3n) is 4.69. The predicted molar refractivity (Wildman–Crippen MR) is 67.5 cm³/mol. The van der Waals surface area contributed by atoms with Gasteiger partial charge in [0.1, 0.15) is 5.69 Å². The van der Waals surface area contributed by atoms with Crippen molar-refractivity contribution in [1.29, 1.82) is 0 Å². The van der Waals surface area contributed by atoms with Crippen LogP contribution < -0.4 is 10.7 Å². The third kappa shape index (κ3) is 1.41. The number of hydrogen-bond donors (Lipinski definition) is 1. The summed E-state index contributed by atoms with van der Waals surface area (Å²) in [5, 5.41) is 0.886. The van der Waals surface area contributed by atoms with E-state index in [1.807, 2.05) is 0 Å². The van der Waals surface area contributed by atoms with E-state index in [0.717, 1.165) is 17.0 Å². The SMILES string of the molecule is CC1(C)c2[nH+]c(N)sc2C[C@@H]2CCCC[C@H]21. The molecule has 0 aromatic carbocycles. The molecule has 2 aliphatic rings. The second-order valence-corrected chi connectivity index (χ2v) is 7.10. The molecule has 1 aromatic rings. The van der Waals surface area contributed by atoms with Crippen LogP contribution in [-0.2, 0) is 11.8 Å². The van der Waals surface area contributed by atoms with Gasteiger partial charge in [0.15, 0.2) is 0 Å². The van der Waals surface area contributed by atoms with Crippen LogP contribution in [0.15, 0.2) is 0 Å². The van der Waals surface area contributed by atoms with Gasteiger partial charge in [-0.3, -0.25) is 5.73 Å². The molecule has 1 saturated carbocycles. The van der Waals surface area contributed by atoms with E-state index in [9.17, 15) is 0 Å². The minimum absolute atomic E-state index is 0.298. The van der Waals surface area contributed by atoms with E-state index in [1.165, 1.54) is 42.7 Å². The summed E-state index contributed by atoms with van der Waals surface area (Å²) in [6.45, 7) is 4.80. The van der Waals surface area contributed by atoms with E-state index in [-0.39, 0.29) is 0 Å². The quantitative estimate of drug-likeness (QED) is 0.740. The van der Waals surface area contributed by atoms with Crippen molar-refractivity contribution in [2.75, 3.05) is 5.73 Å². The lowest BCUT2D eigenvalue weighted by atomic mass is 9.60. The molecule has 0 bridgehead atoms. The van der Waals surface area contributed by atoms with Crippen LogP contribution in [-0.4, -0.2) is 0 Å². The largest absolute Gasteiger partial charge is 0.329 e. The van der Waals surface area contributed by atoms with Crippen LogP contribution in [0.3, 0.4) is 0 Å². The van der Waals surface area contributed by atoms with Crippen LogP contribution in [0.1, 0.15) is 50.1 Å². The summed E-state index contributed by atoms with van der Waals surface area (Å²) >= 11 is 1.77. The highest BCUT2D eigenvalue weighted by atomic mass is 32.1. The number of nitrogens with two attached hydrogens (primary N) is 1. The molecule has 3 heteroatoms. The summed E-state index contributed by atoms with van der Waals surface area (Å²) in [4.78, 5) is 4.94. The number of H-pyrrole nitrogens is 1. The molecule has 0 radical (unpaired) electrons. The van der Waals surface area contributed by atoms with Crippen LogP contribution in [0.25, 0.3) is 0 Å². The Hall–Kier alpha value is -0.570. The molecule has 88 valence electrons. The highest BCUT2D eigenvalue weighted by Crippen LogP contribution is 2.50. The third-order valence-corrected chi connectivity index (χ3v) is 5.63. The van der Waals surface area contributed by atoms with Crippen molar-refractivity contribution >= 4 is 16.5 Å².